The first-order valence-corrected chi connectivity index (χ1v) is 4.26. The van der Waals surface area contributed by atoms with E-state index in [4.69, 9.17) is 9.47 Å². The summed E-state index contributed by atoms with van der Waals surface area (Å²) in [5.74, 6) is -0.418. The van der Waals surface area contributed by atoms with Gasteiger partial charge in [-0.1, -0.05) is 0 Å². The molecule has 4 heteroatoms. The Balaban J connectivity index is 4.25. The molecular weight excluding hydrogens is 172 g/mol. The number of aliphatic hydroxyl groups excluding tert-OH is 1. The zero-order valence-corrected chi connectivity index (χ0v) is 8.24. The second-order valence-corrected chi connectivity index (χ2v) is 2.42. The average Bonchev–Trinajstić information content (AvgIpc) is 2.02. The van der Waals surface area contributed by atoms with Crippen LogP contribution in [0.2, 0.25) is 0 Å². The quantitative estimate of drug-likeness (QED) is 0.389. The van der Waals surface area contributed by atoms with Crippen molar-refractivity contribution < 1.29 is 19.4 Å². The lowest BCUT2D eigenvalue weighted by Gasteiger charge is -2.15. The Morgan fingerprint density at radius 2 is 1.85 bits per heavy atom. The smallest absolute Gasteiger partial charge is 0.216 e. The Hall–Kier alpha value is -0.870. The number of rotatable bonds is 6. The van der Waals surface area contributed by atoms with Crippen molar-refractivity contribution in [1.82, 2.24) is 0 Å². The van der Waals surface area contributed by atoms with Gasteiger partial charge in [0.1, 0.15) is 0 Å². The van der Waals surface area contributed by atoms with E-state index in [1.807, 2.05) is 0 Å². The van der Waals surface area contributed by atoms with Gasteiger partial charge in [0, 0.05) is 19.3 Å². The van der Waals surface area contributed by atoms with Gasteiger partial charge in [-0.05, 0) is 20.8 Å². The van der Waals surface area contributed by atoms with E-state index < -0.39 is 6.29 Å². The normalized spacial score (nSPS) is 12.2. The predicted octanol–water partition coefficient (Wildman–Crippen LogP) is 1.42. The summed E-state index contributed by atoms with van der Waals surface area (Å²) in [4.78, 5) is 10.6. The fourth-order valence-corrected chi connectivity index (χ4v) is 0.798. The summed E-state index contributed by atoms with van der Waals surface area (Å²) >= 11 is 0. The number of hydrogen-bond donors (Lipinski definition) is 1. The van der Waals surface area contributed by atoms with Gasteiger partial charge in [0.05, 0.1) is 0 Å². The molecule has 76 valence electrons. The van der Waals surface area contributed by atoms with Crippen molar-refractivity contribution >= 4 is 5.78 Å². The van der Waals surface area contributed by atoms with Crippen molar-refractivity contribution in [2.45, 2.75) is 27.1 Å². The molecule has 0 radical (unpaired) electrons. The van der Waals surface area contributed by atoms with Crippen LogP contribution in [0.3, 0.4) is 0 Å². The van der Waals surface area contributed by atoms with Crippen molar-refractivity contribution in [2.75, 3.05) is 13.2 Å². The molecule has 0 rings (SSSR count). The van der Waals surface area contributed by atoms with Crippen LogP contribution in [-0.2, 0) is 14.3 Å². The third kappa shape index (κ3) is 5.38. The molecule has 1 N–H and O–H groups in total. The van der Waals surface area contributed by atoms with E-state index in [9.17, 15) is 9.90 Å². The number of ether oxygens (including phenoxy) is 2. The van der Waals surface area contributed by atoms with Crippen LogP contribution in [0.4, 0.5) is 0 Å². The molecule has 0 amide bonds. The third-order valence-electron chi connectivity index (χ3n) is 1.23. The van der Waals surface area contributed by atoms with Crippen molar-refractivity contribution in [1.29, 1.82) is 0 Å². The van der Waals surface area contributed by atoms with Gasteiger partial charge in [0.15, 0.2) is 11.5 Å². The molecule has 0 aliphatic rings. The number of ketones is 1. The molecule has 0 fully saturated rings. The number of allylic oxidation sites excluding steroid dienone is 1. The summed E-state index contributed by atoms with van der Waals surface area (Å²) in [7, 11) is 0. The summed E-state index contributed by atoms with van der Waals surface area (Å²) in [5.41, 5.74) is 0. The van der Waals surface area contributed by atoms with E-state index in [0.29, 0.717) is 13.2 Å². The highest BCUT2D eigenvalue weighted by Gasteiger charge is 2.13. The first-order chi connectivity index (χ1) is 6.11. The van der Waals surface area contributed by atoms with Gasteiger partial charge >= 0.3 is 0 Å². The Kier molecular flexibility index (Phi) is 6.18. The van der Waals surface area contributed by atoms with Crippen LogP contribution < -0.4 is 0 Å². The number of carbonyl (C=O) groups excluding carboxylic acids is 1. The molecule has 0 heterocycles. The Bertz CT molecular complexity index is 180. The van der Waals surface area contributed by atoms with Gasteiger partial charge < -0.3 is 14.6 Å². The standard InChI is InChI=1S/C9H16O4/c1-4-12-9(13-5-2)8(11)6-7(3)10/h6,9,11H,4-5H2,1-3H3. The molecule has 0 unspecified atom stereocenters. The highest BCUT2D eigenvalue weighted by molar-refractivity contribution is 5.87. The fourth-order valence-electron chi connectivity index (χ4n) is 0.798. The van der Waals surface area contributed by atoms with E-state index in [1.165, 1.54) is 6.92 Å². The minimum absolute atomic E-state index is 0.184. The van der Waals surface area contributed by atoms with Crippen molar-refractivity contribution in [3.05, 3.63) is 11.8 Å². The van der Waals surface area contributed by atoms with E-state index in [-0.39, 0.29) is 11.5 Å². The van der Waals surface area contributed by atoms with Gasteiger partial charge in [-0.2, -0.15) is 0 Å². The highest BCUT2D eigenvalue weighted by atomic mass is 16.7. The van der Waals surface area contributed by atoms with Gasteiger partial charge in [-0.25, -0.2) is 0 Å². The predicted molar refractivity (Wildman–Crippen MR) is 48.4 cm³/mol. The maximum Gasteiger partial charge on any atom is 0.216 e. The van der Waals surface area contributed by atoms with Crippen molar-refractivity contribution in [3.8, 4) is 0 Å². The summed E-state index contributed by atoms with van der Waals surface area (Å²) < 4.78 is 10.1. The lowest BCUT2D eigenvalue weighted by molar-refractivity contribution is -0.131. The molecule has 0 spiro atoms. The third-order valence-corrected chi connectivity index (χ3v) is 1.23. The lowest BCUT2D eigenvalue weighted by atomic mass is 10.3. The first-order valence-electron chi connectivity index (χ1n) is 4.26. The zero-order chi connectivity index (χ0) is 10.3. The van der Waals surface area contributed by atoms with Crippen LogP contribution in [-0.4, -0.2) is 30.4 Å². The highest BCUT2D eigenvalue weighted by Crippen LogP contribution is 2.05. The van der Waals surface area contributed by atoms with Crippen molar-refractivity contribution in [2.24, 2.45) is 0 Å². The number of aliphatic hydroxyl groups is 1. The number of hydrogen-bond acceptors (Lipinski definition) is 4. The minimum Gasteiger partial charge on any atom is -0.507 e. The Labute approximate surface area is 78.2 Å². The van der Waals surface area contributed by atoms with Gasteiger partial charge in [0.2, 0.25) is 6.29 Å². The maximum atomic E-state index is 10.6. The number of carbonyl (C=O) groups is 1. The maximum absolute atomic E-state index is 10.6. The lowest BCUT2D eigenvalue weighted by Crippen LogP contribution is -2.20. The summed E-state index contributed by atoms with van der Waals surface area (Å²) in [6.45, 7) is 5.76. The first kappa shape index (κ1) is 12.1. The average molecular weight is 188 g/mol. The second kappa shape index (κ2) is 6.62. The summed E-state index contributed by atoms with van der Waals surface area (Å²) in [6.07, 6.45) is 0.273. The van der Waals surface area contributed by atoms with E-state index >= 15 is 0 Å². The molecule has 4 nitrogen and oxygen atoms in total. The second-order valence-electron chi connectivity index (χ2n) is 2.42. The molecule has 0 aromatic rings. The molecule has 0 atom stereocenters. The summed E-state index contributed by atoms with van der Waals surface area (Å²) in [5, 5.41) is 9.33. The molecule has 0 aromatic heterocycles. The Morgan fingerprint density at radius 1 is 1.38 bits per heavy atom. The molecule has 0 bridgehead atoms. The molecule has 0 aromatic carbocycles. The van der Waals surface area contributed by atoms with Crippen LogP contribution in [0.5, 0.6) is 0 Å². The largest absolute Gasteiger partial charge is 0.507 e. The molecule has 0 saturated heterocycles. The zero-order valence-electron chi connectivity index (χ0n) is 8.24. The van der Waals surface area contributed by atoms with E-state index in [0.717, 1.165) is 6.08 Å². The van der Waals surface area contributed by atoms with Crippen molar-refractivity contribution in [3.63, 3.8) is 0 Å². The van der Waals surface area contributed by atoms with Crippen LogP contribution in [0.15, 0.2) is 11.8 Å². The molecule has 0 aliphatic carbocycles. The van der Waals surface area contributed by atoms with E-state index in [2.05, 4.69) is 0 Å². The van der Waals surface area contributed by atoms with Crippen LogP contribution in [0, 0.1) is 0 Å². The molecule has 0 aliphatic heterocycles. The molecular formula is C9H16O4. The monoisotopic (exact) mass is 188 g/mol. The summed E-state index contributed by atoms with van der Waals surface area (Å²) in [6, 6.07) is 0. The van der Waals surface area contributed by atoms with Crippen LogP contribution in [0.25, 0.3) is 0 Å². The van der Waals surface area contributed by atoms with Gasteiger partial charge in [0.25, 0.3) is 0 Å². The fraction of sp³-hybridized carbons (Fsp3) is 0.667. The van der Waals surface area contributed by atoms with Crippen LogP contribution in [0.1, 0.15) is 20.8 Å². The van der Waals surface area contributed by atoms with Gasteiger partial charge in [-0.3, -0.25) is 4.79 Å². The Morgan fingerprint density at radius 3 is 2.15 bits per heavy atom. The SMILES string of the molecule is CCOC(OCC)C(O)=CC(C)=O. The topological polar surface area (TPSA) is 55.8 Å². The van der Waals surface area contributed by atoms with E-state index in [1.54, 1.807) is 13.8 Å². The molecule has 13 heavy (non-hydrogen) atoms. The van der Waals surface area contributed by atoms with Crippen LogP contribution >= 0.6 is 0 Å². The van der Waals surface area contributed by atoms with Gasteiger partial charge in [-0.15, -0.1) is 0 Å². The molecule has 0 saturated carbocycles. The minimum atomic E-state index is -0.820.